The summed E-state index contributed by atoms with van der Waals surface area (Å²) in [5.74, 6) is 2.06. The monoisotopic (exact) mass is 415 g/mol. The van der Waals surface area contributed by atoms with E-state index in [0.29, 0.717) is 43.3 Å². The molecule has 0 bridgehead atoms. The van der Waals surface area contributed by atoms with E-state index in [1.807, 2.05) is 12.1 Å². The van der Waals surface area contributed by atoms with Gasteiger partial charge in [-0.15, -0.1) is 0 Å². The van der Waals surface area contributed by atoms with Gasteiger partial charge in [-0.1, -0.05) is 19.3 Å². The molecule has 2 aromatic heterocycles. The minimum Gasteiger partial charge on any atom is -0.385 e. The standard InChI is InChI=1S/C20H28N6O2.CH5N/c1-14-13-28-10-9-26(14)18-11-16(20(27)6-3-2-4-7-20)15(12-21)19(24-18)23-17-5-8-22-25-17;1-2/h5,8,11-12,14,21,27H,2-4,6-7,9-10,13H2,1H3,(H2,22,23,24,25);2H2,1H3. The predicted molar refractivity (Wildman–Crippen MR) is 119 cm³/mol. The van der Waals surface area contributed by atoms with E-state index in [1.165, 1.54) is 13.3 Å². The van der Waals surface area contributed by atoms with Crippen LogP contribution in [0.25, 0.3) is 0 Å². The Labute approximate surface area is 177 Å². The van der Waals surface area contributed by atoms with Crippen molar-refractivity contribution in [3.8, 4) is 0 Å². The molecule has 1 atom stereocenters. The molecule has 0 amide bonds. The van der Waals surface area contributed by atoms with Crippen LogP contribution in [0, 0.1) is 5.41 Å². The van der Waals surface area contributed by atoms with Gasteiger partial charge in [0.25, 0.3) is 0 Å². The Balaban J connectivity index is 0.00000124. The molecule has 1 saturated carbocycles. The van der Waals surface area contributed by atoms with E-state index in [0.717, 1.165) is 37.2 Å². The van der Waals surface area contributed by atoms with Crippen LogP contribution in [0.3, 0.4) is 0 Å². The van der Waals surface area contributed by atoms with Crippen LogP contribution in [0.1, 0.15) is 50.2 Å². The van der Waals surface area contributed by atoms with E-state index in [2.05, 4.69) is 33.1 Å². The number of aliphatic hydroxyl groups is 1. The fourth-order valence-corrected chi connectivity index (χ4v) is 4.24. The zero-order chi connectivity index (χ0) is 21.6. The number of aromatic amines is 1. The number of nitrogens with one attached hydrogen (secondary N) is 3. The maximum atomic E-state index is 11.5. The number of nitrogens with two attached hydrogens (primary N) is 1. The van der Waals surface area contributed by atoms with Crippen molar-refractivity contribution < 1.29 is 9.84 Å². The van der Waals surface area contributed by atoms with Crippen molar-refractivity contribution >= 4 is 23.7 Å². The fourth-order valence-electron chi connectivity index (χ4n) is 4.24. The maximum Gasteiger partial charge on any atom is 0.143 e. The molecule has 0 radical (unpaired) electrons. The highest BCUT2D eigenvalue weighted by Crippen LogP contribution is 2.41. The lowest BCUT2D eigenvalue weighted by Crippen LogP contribution is -2.44. The highest BCUT2D eigenvalue weighted by Gasteiger charge is 2.35. The highest BCUT2D eigenvalue weighted by atomic mass is 16.5. The number of hydrogen-bond donors (Lipinski definition) is 5. The van der Waals surface area contributed by atoms with E-state index in [9.17, 15) is 5.11 Å². The second-order valence-corrected chi connectivity index (χ2v) is 7.74. The molecular formula is C21H33N7O2. The number of morpholine rings is 1. The summed E-state index contributed by atoms with van der Waals surface area (Å²) in [7, 11) is 1.50. The van der Waals surface area contributed by atoms with Crippen LogP contribution in [0.2, 0.25) is 0 Å². The molecule has 1 unspecified atom stereocenters. The van der Waals surface area contributed by atoms with E-state index >= 15 is 0 Å². The first-order chi connectivity index (χ1) is 14.6. The van der Waals surface area contributed by atoms with Crippen molar-refractivity contribution in [3.63, 3.8) is 0 Å². The zero-order valence-corrected chi connectivity index (χ0v) is 17.8. The number of aromatic nitrogens is 3. The molecule has 164 valence electrons. The molecule has 30 heavy (non-hydrogen) atoms. The third-order valence-electron chi connectivity index (χ3n) is 5.79. The molecule has 2 fully saturated rings. The van der Waals surface area contributed by atoms with Crippen molar-refractivity contribution in [2.24, 2.45) is 5.73 Å². The van der Waals surface area contributed by atoms with E-state index in [4.69, 9.17) is 15.1 Å². The van der Waals surface area contributed by atoms with Crippen LogP contribution in [0.15, 0.2) is 18.3 Å². The average Bonchev–Trinajstić information content (AvgIpc) is 3.28. The van der Waals surface area contributed by atoms with E-state index < -0.39 is 5.60 Å². The number of pyridine rings is 1. The Bertz CT molecular complexity index is 819. The average molecular weight is 416 g/mol. The van der Waals surface area contributed by atoms with Crippen molar-refractivity contribution in [2.75, 3.05) is 37.0 Å². The smallest absolute Gasteiger partial charge is 0.143 e. The summed E-state index contributed by atoms with van der Waals surface area (Å²) in [6.07, 6.45) is 7.49. The predicted octanol–water partition coefficient (Wildman–Crippen LogP) is 2.50. The van der Waals surface area contributed by atoms with Crippen molar-refractivity contribution in [3.05, 3.63) is 29.5 Å². The topological polar surface area (TPSA) is 136 Å². The maximum absolute atomic E-state index is 11.5. The summed E-state index contributed by atoms with van der Waals surface area (Å²) in [4.78, 5) is 7.04. The molecule has 0 aromatic carbocycles. The molecular weight excluding hydrogens is 382 g/mol. The molecule has 4 rings (SSSR count). The minimum atomic E-state index is -0.928. The molecule has 1 aliphatic heterocycles. The summed E-state index contributed by atoms with van der Waals surface area (Å²) < 4.78 is 5.58. The second-order valence-electron chi connectivity index (χ2n) is 7.74. The number of nitrogens with zero attached hydrogens (tertiary/aromatic N) is 3. The Morgan fingerprint density at radius 1 is 1.37 bits per heavy atom. The van der Waals surface area contributed by atoms with E-state index in [1.54, 1.807) is 6.20 Å². The lowest BCUT2D eigenvalue weighted by Gasteiger charge is -2.37. The normalized spacial score (nSPS) is 20.8. The molecule has 3 heterocycles. The van der Waals surface area contributed by atoms with Crippen molar-refractivity contribution in [2.45, 2.75) is 50.7 Å². The van der Waals surface area contributed by atoms with Crippen LogP contribution in [0.5, 0.6) is 0 Å². The fraction of sp³-hybridized carbons (Fsp3) is 0.571. The van der Waals surface area contributed by atoms with Gasteiger partial charge >= 0.3 is 0 Å². The summed E-state index contributed by atoms with van der Waals surface area (Å²) in [6, 6.07) is 3.99. The third-order valence-corrected chi connectivity index (χ3v) is 5.79. The van der Waals surface area contributed by atoms with Gasteiger partial charge in [0.2, 0.25) is 0 Å². The molecule has 0 spiro atoms. The first-order valence-electron chi connectivity index (χ1n) is 10.6. The number of H-pyrrole nitrogens is 1. The van der Waals surface area contributed by atoms with Crippen LogP contribution in [0.4, 0.5) is 17.5 Å². The van der Waals surface area contributed by atoms with Crippen LogP contribution in [-0.2, 0) is 10.3 Å². The quantitative estimate of drug-likeness (QED) is 0.473. The Morgan fingerprint density at radius 3 is 2.77 bits per heavy atom. The SMILES string of the molecule is CC1COCCN1c1cc(C2(O)CCCCC2)c(C=N)c(Nc2ccn[nH]2)n1.CN. The molecule has 1 aliphatic carbocycles. The van der Waals surface area contributed by atoms with Gasteiger partial charge in [-0.25, -0.2) is 4.98 Å². The summed E-state index contributed by atoms with van der Waals surface area (Å²) in [5.41, 5.74) is 4.99. The zero-order valence-electron chi connectivity index (χ0n) is 17.8. The second kappa shape index (κ2) is 10.0. The molecule has 9 nitrogen and oxygen atoms in total. The Kier molecular flexibility index (Phi) is 7.41. The molecule has 2 aliphatic rings. The van der Waals surface area contributed by atoms with Gasteiger partial charge in [0.05, 0.1) is 31.1 Å². The van der Waals surface area contributed by atoms with Gasteiger partial charge in [-0.3, -0.25) is 5.10 Å². The van der Waals surface area contributed by atoms with Crippen LogP contribution >= 0.6 is 0 Å². The molecule has 2 aromatic rings. The number of ether oxygens (including phenoxy) is 1. The first-order valence-corrected chi connectivity index (χ1v) is 10.6. The number of hydrogen-bond acceptors (Lipinski definition) is 8. The lowest BCUT2D eigenvalue weighted by molar-refractivity contribution is -0.000749. The number of rotatable bonds is 5. The Hall–Kier alpha value is -2.49. The van der Waals surface area contributed by atoms with Gasteiger partial charge in [-0.05, 0) is 38.4 Å². The molecule has 6 N–H and O–H groups in total. The van der Waals surface area contributed by atoms with Crippen LogP contribution in [-0.4, -0.2) is 59.4 Å². The summed E-state index contributed by atoms with van der Waals surface area (Å²) in [6.45, 7) is 4.17. The van der Waals surface area contributed by atoms with Gasteiger partial charge in [-0.2, -0.15) is 5.10 Å². The first kappa shape index (κ1) is 22.2. The van der Waals surface area contributed by atoms with Gasteiger partial charge < -0.3 is 31.2 Å². The lowest BCUT2D eigenvalue weighted by atomic mass is 9.78. The highest BCUT2D eigenvalue weighted by molar-refractivity contribution is 5.89. The largest absolute Gasteiger partial charge is 0.385 e. The summed E-state index contributed by atoms with van der Waals surface area (Å²) in [5, 5.41) is 29.6. The van der Waals surface area contributed by atoms with Gasteiger partial charge in [0.1, 0.15) is 17.5 Å². The summed E-state index contributed by atoms with van der Waals surface area (Å²) >= 11 is 0. The number of anilines is 3. The van der Waals surface area contributed by atoms with Crippen molar-refractivity contribution in [1.82, 2.24) is 15.2 Å². The van der Waals surface area contributed by atoms with Gasteiger partial charge in [0, 0.05) is 24.4 Å². The Morgan fingerprint density at radius 2 is 2.13 bits per heavy atom. The van der Waals surface area contributed by atoms with Crippen molar-refractivity contribution in [1.29, 1.82) is 5.41 Å². The molecule has 9 heteroatoms. The molecule has 1 saturated heterocycles. The van der Waals surface area contributed by atoms with Gasteiger partial charge in [0.15, 0.2) is 0 Å². The van der Waals surface area contributed by atoms with E-state index in [-0.39, 0.29) is 6.04 Å². The third kappa shape index (κ3) is 4.63. The minimum absolute atomic E-state index is 0.195. The van der Waals surface area contributed by atoms with Crippen LogP contribution < -0.4 is 16.0 Å².